The summed E-state index contributed by atoms with van der Waals surface area (Å²) in [4.78, 5) is 10.2. The van der Waals surface area contributed by atoms with Crippen LogP contribution in [0.4, 0.5) is 0 Å². The van der Waals surface area contributed by atoms with Crippen LogP contribution < -0.4 is 0 Å². The fraction of sp³-hybridized carbons (Fsp3) is 0.933. The molecule has 0 atom stereocenters. The summed E-state index contributed by atoms with van der Waals surface area (Å²) in [5.41, 5.74) is 0. The van der Waals surface area contributed by atoms with Crippen molar-refractivity contribution in [2.24, 2.45) is 0 Å². The zero-order valence-corrected chi connectivity index (χ0v) is 12.0. The molecule has 0 aromatic carbocycles. The monoisotopic (exact) mass is 258 g/mol. The van der Waals surface area contributed by atoms with Crippen LogP contribution in [0.25, 0.3) is 0 Å². The van der Waals surface area contributed by atoms with Crippen molar-refractivity contribution in [1.82, 2.24) is 0 Å². The quantitative estimate of drug-likeness (QED) is 0.470. The van der Waals surface area contributed by atoms with E-state index in [1.54, 1.807) is 0 Å². The molecule has 0 amide bonds. The third-order valence-corrected chi connectivity index (χ3v) is 3.07. The minimum Gasteiger partial charge on any atom is -0.481 e. The summed E-state index contributed by atoms with van der Waals surface area (Å²) in [6, 6.07) is 0. The smallest absolute Gasteiger partial charge is 0.303 e. The molecular formula is C15H30O3. The Hall–Kier alpha value is -0.570. The number of hydrogen-bond donors (Lipinski definition) is 1. The van der Waals surface area contributed by atoms with Crippen LogP contribution in [0.2, 0.25) is 0 Å². The van der Waals surface area contributed by atoms with Crippen LogP contribution in [0.3, 0.4) is 0 Å². The van der Waals surface area contributed by atoms with Crippen molar-refractivity contribution < 1.29 is 14.6 Å². The summed E-state index contributed by atoms with van der Waals surface area (Å²) in [5.74, 6) is -0.735. The molecule has 18 heavy (non-hydrogen) atoms. The molecule has 0 heterocycles. The molecular weight excluding hydrogens is 228 g/mol. The second-order valence-electron chi connectivity index (χ2n) is 4.94. The molecule has 0 aliphatic rings. The highest BCUT2D eigenvalue weighted by atomic mass is 16.5. The Morgan fingerprint density at radius 3 is 1.89 bits per heavy atom. The number of ether oxygens (including phenoxy) is 1. The average molecular weight is 258 g/mol. The van der Waals surface area contributed by atoms with Gasteiger partial charge in [0.25, 0.3) is 0 Å². The average Bonchev–Trinajstić information content (AvgIpc) is 2.34. The van der Waals surface area contributed by atoms with E-state index in [1.807, 2.05) is 0 Å². The Morgan fingerprint density at radius 1 is 0.833 bits per heavy atom. The van der Waals surface area contributed by atoms with Crippen LogP contribution in [-0.2, 0) is 9.53 Å². The van der Waals surface area contributed by atoms with Crippen LogP contribution in [0.1, 0.15) is 77.6 Å². The molecule has 1 N–H and O–H groups in total. The van der Waals surface area contributed by atoms with E-state index in [0.29, 0.717) is 13.0 Å². The zero-order valence-electron chi connectivity index (χ0n) is 12.0. The van der Waals surface area contributed by atoms with E-state index in [9.17, 15) is 4.79 Å². The Kier molecular flexibility index (Phi) is 14.0. The van der Waals surface area contributed by atoms with Gasteiger partial charge in [-0.05, 0) is 12.8 Å². The predicted octanol–water partition coefficient (Wildman–Crippen LogP) is 4.40. The lowest BCUT2D eigenvalue weighted by molar-refractivity contribution is -0.137. The third-order valence-electron chi connectivity index (χ3n) is 3.07. The van der Waals surface area contributed by atoms with Gasteiger partial charge in [-0.2, -0.15) is 0 Å². The lowest BCUT2D eigenvalue weighted by atomic mass is 10.1. The number of aliphatic carboxylic acids is 1. The summed E-state index contributed by atoms with van der Waals surface area (Å²) in [6.45, 7) is 3.62. The number of hydrogen-bond acceptors (Lipinski definition) is 2. The summed E-state index contributed by atoms with van der Waals surface area (Å²) in [7, 11) is 0. The van der Waals surface area contributed by atoms with Gasteiger partial charge < -0.3 is 9.84 Å². The first-order valence-electron chi connectivity index (χ1n) is 7.57. The normalized spacial score (nSPS) is 10.7. The standard InChI is InChI=1S/C15H30O3/c1-2-3-4-5-6-7-8-9-10-13-18-14-11-12-15(16)17/h2-14H2,1H3,(H,16,17). The highest BCUT2D eigenvalue weighted by Gasteiger charge is 1.96. The van der Waals surface area contributed by atoms with Crippen molar-refractivity contribution in [3.8, 4) is 0 Å². The van der Waals surface area contributed by atoms with Crippen LogP contribution >= 0.6 is 0 Å². The van der Waals surface area contributed by atoms with Gasteiger partial charge in [-0.25, -0.2) is 0 Å². The predicted molar refractivity (Wildman–Crippen MR) is 74.9 cm³/mol. The molecule has 0 unspecified atom stereocenters. The third kappa shape index (κ3) is 15.4. The fourth-order valence-corrected chi connectivity index (χ4v) is 1.94. The molecule has 0 aromatic rings. The summed E-state index contributed by atoms with van der Waals surface area (Å²) < 4.78 is 5.38. The maximum atomic E-state index is 10.2. The first-order chi connectivity index (χ1) is 8.77. The van der Waals surface area contributed by atoms with Crippen molar-refractivity contribution in [3.63, 3.8) is 0 Å². The van der Waals surface area contributed by atoms with E-state index in [2.05, 4.69) is 6.92 Å². The van der Waals surface area contributed by atoms with Gasteiger partial charge >= 0.3 is 5.97 Å². The number of unbranched alkanes of at least 4 members (excludes halogenated alkanes) is 8. The van der Waals surface area contributed by atoms with Gasteiger partial charge in [0.1, 0.15) is 0 Å². The number of carboxylic acids is 1. The lowest BCUT2D eigenvalue weighted by Gasteiger charge is -2.03. The maximum Gasteiger partial charge on any atom is 0.303 e. The van der Waals surface area contributed by atoms with Crippen LogP contribution in [0.15, 0.2) is 0 Å². The molecule has 0 saturated heterocycles. The minimum atomic E-state index is -0.735. The summed E-state index contributed by atoms with van der Waals surface area (Å²) in [6.07, 6.45) is 12.7. The van der Waals surface area contributed by atoms with Crippen LogP contribution in [0, 0.1) is 0 Å². The van der Waals surface area contributed by atoms with Gasteiger partial charge in [0.15, 0.2) is 0 Å². The maximum absolute atomic E-state index is 10.2. The first-order valence-corrected chi connectivity index (χ1v) is 7.57. The molecule has 0 radical (unpaired) electrons. The molecule has 108 valence electrons. The van der Waals surface area contributed by atoms with E-state index in [1.165, 1.54) is 51.4 Å². The van der Waals surface area contributed by atoms with Gasteiger partial charge in [0.2, 0.25) is 0 Å². The van der Waals surface area contributed by atoms with E-state index >= 15 is 0 Å². The van der Waals surface area contributed by atoms with E-state index < -0.39 is 5.97 Å². The highest BCUT2D eigenvalue weighted by Crippen LogP contribution is 2.09. The Balaban J connectivity index is 2.92. The Labute approximate surface area is 112 Å². The Morgan fingerprint density at radius 2 is 1.33 bits per heavy atom. The van der Waals surface area contributed by atoms with E-state index in [4.69, 9.17) is 9.84 Å². The van der Waals surface area contributed by atoms with Gasteiger partial charge in [-0.15, -0.1) is 0 Å². The molecule has 3 nitrogen and oxygen atoms in total. The van der Waals surface area contributed by atoms with E-state index in [0.717, 1.165) is 13.0 Å². The zero-order chi connectivity index (χ0) is 13.5. The molecule has 0 fully saturated rings. The van der Waals surface area contributed by atoms with Crippen molar-refractivity contribution in [2.45, 2.75) is 77.6 Å². The highest BCUT2D eigenvalue weighted by molar-refractivity contribution is 5.66. The minimum absolute atomic E-state index is 0.220. The summed E-state index contributed by atoms with van der Waals surface area (Å²) in [5, 5.41) is 8.44. The van der Waals surface area contributed by atoms with E-state index in [-0.39, 0.29) is 6.42 Å². The fourth-order valence-electron chi connectivity index (χ4n) is 1.94. The Bertz CT molecular complexity index is 181. The van der Waals surface area contributed by atoms with Gasteiger partial charge in [-0.3, -0.25) is 4.79 Å². The van der Waals surface area contributed by atoms with Crippen molar-refractivity contribution >= 4 is 5.97 Å². The molecule has 0 saturated carbocycles. The molecule has 0 rings (SSSR count). The molecule has 3 heteroatoms. The molecule has 0 bridgehead atoms. The van der Waals surface area contributed by atoms with Crippen molar-refractivity contribution in [2.75, 3.05) is 13.2 Å². The summed E-state index contributed by atoms with van der Waals surface area (Å²) >= 11 is 0. The number of rotatable bonds is 14. The largest absolute Gasteiger partial charge is 0.481 e. The molecule has 0 aliphatic heterocycles. The molecule has 0 spiro atoms. The number of carboxylic acid groups (broad SMARTS) is 1. The van der Waals surface area contributed by atoms with Crippen LogP contribution in [0.5, 0.6) is 0 Å². The lowest BCUT2D eigenvalue weighted by Crippen LogP contribution is -2.01. The molecule has 0 aromatic heterocycles. The van der Waals surface area contributed by atoms with Gasteiger partial charge in [-0.1, -0.05) is 58.3 Å². The van der Waals surface area contributed by atoms with Crippen molar-refractivity contribution in [3.05, 3.63) is 0 Å². The van der Waals surface area contributed by atoms with Crippen LogP contribution in [-0.4, -0.2) is 24.3 Å². The topological polar surface area (TPSA) is 46.5 Å². The number of carbonyl (C=O) groups is 1. The van der Waals surface area contributed by atoms with Gasteiger partial charge in [0, 0.05) is 19.6 Å². The molecule has 0 aliphatic carbocycles. The second kappa shape index (κ2) is 14.5. The second-order valence-corrected chi connectivity index (χ2v) is 4.94. The SMILES string of the molecule is CCCCCCCCCCCOCCCC(=O)O. The first kappa shape index (κ1) is 17.4. The van der Waals surface area contributed by atoms with Gasteiger partial charge in [0.05, 0.1) is 0 Å². The van der Waals surface area contributed by atoms with Crippen molar-refractivity contribution in [1.29, 1.82) is 0 Å².